The number of methoxy groups -OCH3 is 1. The topological polar surface area (TPSA) is 87.6 Å². The SMILES string of the molecule is COC(=O)c1ccc(OCc2nc(-c3ccccc3)oc2C)cc1.Cc1oc(-c2ccccc2)nc1CCl. The Balaban J connectivity index is 0.000000204. The van der Waals surface area contributed by atoms with Crippen LogP contribution in [0.2, 0.25) is 0 Å². The van der Waals surface area contributed by atoms with E-state index >= 15 is 0 Å². The van der Waals surface area contributed by atoms with Gasteiger partial charge in [0.2, 0.25) is 11.8 Å². The molecule has 0 fully saturated rings. The summed E-state index contributed by atoms with van der Waals surface area (Å²) in [5, 5.41) is 0. The van der Waals surface area contributed by atoms with Gasteiger partial charge < -0.3 is 18.3 Å². The lowest BCUT2D eigenvalue weighted by Crippen LogP contribution is -2.01. The van der Waals surface area contributed by atoms with Gasteiger partial charge in [-0.2, -0.15) is 0 Å². The zero-order valence-electron chi connectivity index (χ0n) is 21.3. The van der Waals surface area contributed by atoms with Crippen LogP contribution in [0.15, 0.2) is 93.8 Å². The Morgan fingerprint density at radius 1 is 0.763 bits per heavy atom. The standard InChI is InChI=1S/C19H17NO4.C11H10ClNO/c1-13-17(20-18(24-13)14-6-4-3-5-7-14)12-23-16-10-8-15(9-11-16)19(21)22-2;1-8-10(7-12)13-11(14-8)9-5-3-2-4-6-9/h3-11H,12H2,1-2H3;2-6H,7H2,1H3. The van der Waals surface area contributed by atoms with E-state index in [0.717, 1.165) is 34.0 Å². The number of alkyl halides is 1. The summed E-state index contributed by atoms with van der Waals surface area (Å²) >= 11 is 5.71. The van der Waals surface area contributed by atoms with E-state index in [0.29, 0.717) is 35.6 Å². The highest BCUT2D eigenvalue weighted by atomic mass is 35.5. The lowest BCUT2D eigenvalue weighted by Gasteiger charge is -2.05. The second kappa shape index (κ2) is 12.7. The van der Waals surface area contributed by atoms with E-state index in [1.807, 2.05) is 74.5 Å². The smallest absolute Gasteiger partial charge is 0.337 e. The van der Waals surface area contributed by atoms with Gasteiger partial charge >= 0.3 is 5.97 Å². The number of oxazole rings is 2. The van der Waals surface area contributed by atoms with Crippen LogP contribution >= 0.6 is 11.6 Å². The van der Waals surface area contributed by atoms with Gasteiger partial charge in [0.05, 0.1) is 24.2 Å². The fourth-order valence-electron chi connectivity index (χ4n) is 3.48. The highest BCUT2D eigenvalue weighted by molar-refractivity contribution is 6.17. The van der Waals surface area contributed by atoms with Crippen LogP contribution in [-0.4, -0.2) is 23.0 Å². The van der Waals surface area contributed by atoms with Crippen LogP contribution in [0.3, 0.4) is 0 Å². The van der Waals surface area contributed by atoms with Gasteiger partial charge in [-0.05, 0) is 62.4 Å². The summed E-state index contributed by atoms with van der Waals surface area (Å²) in [6.45, 7) is 4.02. The Morgan fingerprint density at radius 3 is 1.74 bits per heavy atom. The molecule has 5 rings (SSSR count). The molecular weight excluding hydrogens is 504 g/mol. The van der Waals surface area contributed by atoms with Crippen LogP contribution in [0.1, 0.15) is 33.3 Å². The predicted molar refractivity (Wildman–Crippen MR) is 145 cm³/mol. The minimum Gasteiger partial charge on any atom is -0.487 e. The maximum absolute atomic E-state index is 11.4. The molecule has 0 radical (unpaired) electrons. The molecule has 0 amide bonds. The summed E-state index contributed by atoms with van der Waals surface area (Å²) in [7, 11) is 1.35. The third-order valence-corrected chi connectivity index (χ3v) is 5.86. The zero-order valence-corrected chi connectivity index (χ0v) is 22.1. The number of benzene rings is 3. The number of carbonyl (C=O) groups excluding carboxylic acids is 1. The second-order valence-corrected chi connectivity index (χ2v) is 8.48. The minimum absolute atomic E-state index is 0.291. The number of ether oxygens (including phenoxy) is 2. The van der Waals surface area contributed by atoms with E-state index < -0.39 is 0 Å². The molecule has 0 atom stereocenters. The van der Waals surface area contributed by atoms with Crippen LogP contribution in [-0.2, 0) is 17.2 Å². The predicted octanol–water partition coefficient (Wildman–Crippen LogP) is 7.40. The van der Waals surface area contributed by atoms with Crippen molar-refractivity contribution in [3.05, 3.63) is 113 Å². The quantitative estimate of drug-likeness (QED) is 0.160. The minimum atomic E-state index is -0.374. The summed E-state index contributed by atoms with van der Waals surface area (Å²) in [6.07, 6.45) is 0. The van der Waals surface area contributed by atoms with Crippen molar-refractivity contribution in [2.75, 3.05) is 7.11 Å². The first-order chi connectivity index (χ1) is 18.5. The Labute approximate surface area is 226 Å². The summed E-state index contributed by atoms with van der Waals surface area (Å²) in [5.41, 5.74) is 3.94. The number of esters is 1. The highest BCUT2D eigenvalue weighted by Crippen LogP contribution is 2.23. The molecule has 5 aromatic rings. The number of aromatic nitrogens is 2. The van der Waals surface area contributed by atoms with Crippen molar-refractivity contribution in [1.82, 2.24) is 9.97 Å². The van der Waals surface area contributed by atoms with Gasteiger partial charge in [-0.25, -0.2) is 14.8 Å². The zero-order chi connectivity index (χ0) is 26.9. The van der Waals surface area contributed by atoms with Crippen molar-refractivity contribution in [1.29, 1.82) is 0 Å². The second-order valence-electron chi connectivity index (χ2n) is 8.21. The molecule has 7 nitrogen and oxygen atoms in total. The molecule has 0 saturated carbocycles. The molecule has 38 heavy (non-hydrogen) atoms. The molecule has 3 aromatic carbocycles. The van der Waals surface area contributed by atoms with E-state index in [2.05, 4.69) is 14.7 Å². The normalized spacial score (nSPS) is 10.4. The van der Waals surface area contributed by atoms with Crippen LogP contribution < -0.4 is 4.74 Å². The maximum atomic E-state index is 11.4. The molecule has 0 aliphatic heterocycles. The van der Waals surface area contributed by atoms with E-state index in [4.69, 9.17) is 25.2 Å². The lowest BCUT2D eigenvalue weighted by atomic mass is 10.2. The van der Waals surface area contributed by atoms with Gasteiger partial charge in [-0.15, -0.1) is 11.6 Å². The molecule has 0 saturated heterocycles. The van der Waals surface area contributed by atoms with E-state index in [-0.39, 0.29) is 5.97 Å². The third-order valence-electron chi connectivity index (χ3n) is 5.60. The summed E-state index contributed by atoms with van der Waals surface area (Å²) in [6, 6.07) is 26.3. The van der Waals surface area contributed by atoms with Gasteiger partial charge in [-0.3, -0.25) is 0 Å². The molecule has 0 spiro atoms. The molecule has 0 bridgehead atoms. The highest BCUT2D eigenvalue weighted by Gasteiger charge is 2.12. The van der Waals surface area contributed by atoms with Crippen LogP contribution in [0.5, 0.6) is 5.75 Å². The average Bonchev–Trinajstić information content (AvgIpc) is 3.54. The number of aryl methyl sites for hydroxylation is 2. The molecular formula is C30H27ClN2O5. The van der Waals surface area contributed by atoms with Gasteiger partial charge in [0.25, 0.3) is 0 Å². The van der Waals surface area contributed by atoms with Crippen molar-refractivity contribution in [2.45, 2.75) is 26.3 Å². The number of nitrogens with zero attached hydrogens (tertiary/aromatic N) is 2. The largest absolute Gasteiger partial charge is 0.487 e. The monoisotopic (exact) mass is 530 g/mol. The number of hydrogen-bond donors (Lipinski definition) is 0. The molecule has 0 aliphatic carbocycles. The van der Waals surface area contributed by atoms with Crippen molar-refractivity contribution in [3.8, 4) is 28.7 Å². The summed E-state index contributed by atoms with van der Waals surface area (Å²) in [5.74, 6) is 3.39. The molecule has 0 unspecified atom stereocenters. The number of hydrogen-bond acceptors (Lipinski definition) is 7. The molecule has 194 valence electrons. The molecule has 2 heterocycles. The molecule has 0 aliphatic rings. The summed E-state index contributed by atoms with van der Waals surface area (Å²) in [4.78, 5) is 20.2. The fraction of sp³-hybridized carbons (Fsp3) is 0.167. The van der Waals surface area contributed by atoms with Gasteiger partial charge in [-0.1, -0.05) is 36.4 Å². The van der Waals surface area contributed by atoms with E-state index in [9.17, 15) is 4.79 Å². The lowest BCUT2D eigenvalue weighted by molar-refractivity contribution is 0.0600. The Hall–Kier alpha value is -4.36. The fourth-order valence-corrected chi connectivity index (χ4v) is 3.73. The van der Waals surface area contributed by atoms with E-state index in [1.165, 1.54) is 7.11 Å². The van der Waals surface area contributed by atoms with Crippen molar-refractivity contribution >= 4 is 17.6 Å². The van der Waals surface area contributed by atoms with Crippen LogP contribution in [0.4, 0.5) is 0 Å². The van der Waals surface area contributed by atoms with E-state index in [1.54, 1.807) is 24.3 Å². The summed E-state index contributed by atoms with van der Waals surface area (Å²) < 4.78 is 21.6. The first-order valence-corrected chi connectivity index (χ1v) is 12.4. The number of carbonyl (C=O) groups is 1. The van der Waals surface area contributed by atoms with Crippen molar-refractivity contribution in [2.24, 2.45) is 0 Å². The number of halogens is 1. The molecule has 2 aromatic heterocycles. The first kappa shape index (κ1) is 26.7. The Bertz CT molecular complexity index is 1460. The molecule has 0 N–H and O–H groups in total. The van der Waals surface area contributed by atoms with Gasteiger partial charge in [0.15, 0.2) is 0 Å². The molecule has 8 heteroatoms. The average molecular weight is 531 g/mol. The Morgan fingerprint density at radius 2 is 1.26 bits per heavy atom. The van der Waals surface area contributed by atoms with Gasteiger partial charge in [0.1, 0.15) is 29.6 Å². The first-order valence-electron chi connectivity index (χ1n) is 11.9. The van der Waals surface area contributed by atoms with Crippen molar-refractivity contribution in [3.63, 3.8) is 0 Å². The Kier molecular flexibility index (Phi) is 8.95. The van der Waals surface area contributed by atoms with Crippen LogP contribution in [0, 0.1) is 13.8 Å². The number of rotatable bonds is 7. The van der Waals surface area contributed by atoms with Gasteiger partial charge in [0, 0.05) is 11.1 Å². The maximum Gasteiger partial charge on any atom is 0.337 e. The third kappa shape index (κ3) is 6.69. The van der Waals surface area contributed by atoms with Crippen LogP contribution in [0.25, 0.3) is 22.9 Å². The van der Waals surface area contributed by atoms with Crippen molar-refractivity contribution < 1.29 is 23.1 Å².